The van der Waals surface area contributed by atoms with Gasteiger partial charge in [-0.3, -0.25) is 4.79 Å². The fourth-order valence-corrected chi connectivity index (χ4v) is 4.13. The standard InChI is InChI=1S/C19H21ClN2O3S/c20-17-9-7-15(8-10-17)14-21-26(24,25)18-6-4-5-16(13-18)19(23)22-11-2-1-3-12-22/h4-10,13,21H,1-3,11-12,14H2. The summed E-state index contributed by atoms with van der Waals surface area (Å²) in [6.07, 6.45) is 3.12. The maximum Gasteiger partial charge on any atom is 0.253 e. The molecule has 0 atom stereocenters. The van der Waals surface area contributed by atoms with Crippen LogP contribution >= 0.6 is 11.6 Å². The molecule has 0 spiro atoms. The van der Waals surface area contributed by atoms with E-state index in [2.05, 4.69) is 4.72 Å². The molecule has 0 bridgehead atoms. The summed E-state index contributed by atoms with van der Waals surface area (Å²) in [5.41, 5.74) is 1.21. The normalized spacial score (nSPS) is 15.0. The molecule has 1 aliphatic heterocycles. The van der Waals surface area contributed by atoms with E-state index < -0.39 is 10.0 Å². The summed E-state index contributed by atoms with van der Waals surface area (Å²) < 4.78 is 27.7. The first-order chi connectivity index (χ1) is 12.5. The first-order valence-corrected chi connectivity index (χ1v) is 10.5. The van der Waals surface area contributed by atoms with Gasteiger partial charge in [0.15, 0.2) is 0 Å². The number of likely N-dealkylation sites (tertiary alicyclic amines) is 1. The average molecular weight is 393 g/mol. The number of hydrogen-bond donors (Lipinski definition) is 1. The lowest BCUT2D eigenvalue weighted by atomic mass is 10.1. The first-order valence-electron chi connectivity index (χ1n) is 8.59. The van der Waals surface area contributed by atoms with Crippen LogP contribution in [0.25, 0.3) is 0 Å². The number of rotatable bonds is 5. The Hall–Kier alpha value is -1.89. The largest absolute Gasteiger partial charge is 0.339 e. The number of nitrogens with one attached hydrogen (secondary N) is 1. The minimum absolute atomic E-state index is 0.0920. The Morgan fingerprint density at radius 2 is 1.73 bits per heavy atom. The molecular formula is C19H21ClN2O3S. The van der Waals surface area contributed by atoms with Crippen LogP contribution in [0.2, 0.25) is 5.02 Å². The van der Waals surface area contributed by atoms with Crippen molar-refractivity contribution in [1.82, 2.24) is 9.62 Å². The van der Waals surface area contributed by atoms with Gasteiger partial charge in [0, 0.05) is 30.2 Å². The van der Waals surface area contributed by atoms with E-state index in [1.165, 1.54) is 12.1 Å². The predicted molar refractivity (Wildman–Crippen MR) is 102 cm³/mol. The molecule has 1 aliphatic rings. The van der Waals surface area contributed by atoms with Crippen molar-refractivity contribution < 1.29 is 13.2 Å². The fraction of sp³-hybridized carbons (Fsp3) is 0.316. The van der Waals surface area contributed by atoms with E-state index in [1.54, 1.807) is 41.3 Å². The quantitative estimate of drug-likeness (QED) is 0.847. The third-order valence-corrected chi connectivity index (χ3v) is 6.07. The Morgan fingerprint density at radius 1 is 1.04 bits per heavy atom. The molecule has 0 radical (unpaired) electrons. The summed E-state index contributed by atoms with van der Waals surface area (Å²) >= 11 is 5.83. The molecule has 1 N–H and O–H groups in total. The van der Waals surface area contributed by atoms with Crippen LogP contribution in [0.5, 0.6) is 0 Å². The second-order valence-corrected chi connectivity index (χ2v) is 8.54. The van der Waals surface area contributed by atoms with Crippen molar-refractivity contribution >= 4 is 27.5 Å². The van der Waals surface area contributed by atoms with Gasteiger partial charge in [-0.05, 0) is 55.2 Å². The topological polar surface area (TPSA) is 66.5 Å². The van der Waals surface area contributed by atoms with Crippen molar-refractivity contribution in [2.24, 2.45) is 0 Å². The zero-order valence-electron chi connectivity index (χ0n) is 14.3. The Morgan fingerprint density at radius 3 is 2.42 bits per heavy atom. The highest BCUT2D eigenvalue weighted by Crippen LogP contribution is 2.17. The summed E-state index contributed by atoms with van der Waals surface area (Å²) in [6, 6.07) is 13.2. The summed E-state index contributed by atoms with van der Waals surface area (Å²) in [7, 11) is -3.71. The molecule has 138 valence electrons. The Labute approximate surface area is 159 Å². The number of carbonyl (C=O) groups is 1. The molecule has 0 aromatic heterocycles. The summed E-state index contributed by atoms with van der Waals surface area (Å²) in [5.74, 6) is -0.112. The molecule has 3 rings (SSSR count). The van der Waals surface area contributed by atoms with E-state index in [1.807, 2.05) is 0 Å². The van der Waals surface area contributed by atoms with Crippen LogP contribution in [0.3, 0.4) is 0 Å². The molecule has 0 saturated carbocycles. The van der Waals surface area contributed by atoms with Gasteiger partial charge in [-0.25, -0.2) is 13.1 Å². The third-order valence-electron chi connectivity index (χ3n) is 4.41. The average Bonchev–Trinajstić information content (AvgIpc) is 2.68. The van der Waals surface area contributed by atoms with Crippen LogP contribution < -0.4 is 4.72 Å². The van der Waals surface area contributed by atoms with Crippen molar-refractivity contribution in [1.29, 1.82) is 0 Å². The minimum atomic E-state index is -3.71. The molecule has 1 saturated heterocycles. The lowest BCUT2D eigenvalue weighted by Gasteiger charge is -2.26. The lowest BCUT2D eigenvalue weighted by molar-refractivity contribution is 0.0724. The van der Waals surface area contributed by atoms with Gasteiger partial charge in [0.1, 0.15) is 0 Å². The fourth-order valence-electron chi connectivity index (χ4n) is 2.94. The highest BCUT2D eigenvalue weighted by atomic mass is 35.5. The Balaban J connectivity index is 1.73. The van der Waals surface area contributed by atoms with Gasteiger partial charge in [0.2, 0.25) is 10.0 Å². The SMILES string of the molecule is O=C(c1cccc(S(=O)(=O)NCc2ccc(Cl)cc2)c1)N1CCCCC1. The van der Waals surface area contributed by atoms with Gasteiger partial charge >= 0.3 is 0 Å². The number of benzene rings is 2. The second kappa shape index (κ2) is 8.20. The number of piperidine rings is 1. The third kappa shape index (κ3) is 4.63. The smallest absolute Gasteiger partial charge is 0.253 e. The van der Waals surface area contributed by atoms with Crippen molar-refractivity contribution in [2.45, 2.75) is 30.7 Å². The molecule has 2 aromatic rings. The van der Waals surface area contributed by atoms with E-state index in [-0.39, 0.29) is 17.3 Å². The van der Waals surface area contributed by atoms with E-state index in [4.69, 9.17) is 11.6 Å². The number of sulfonamides is 1. The monoisotopic (exact) mass is 392 g/mol. The predicted octanol–water partition coefficient (Wildman–Crippen LogP) is 3.44. The van der Waals surface area contributed by atoms with Gasteiger partial charge in [-0.2, -0.15) is 0 Å². The number of hydrogen-bond acceptors (Lipinski definition) is 3. The van der Waals surface area contributed by atoms with E-state index in [9.17, 15) is 13.2 Å². The highest BCUT2D eigenvalue weighted by Gasteiger charge is 2.21. The van der Waals surface area contributed by atoms with Gasteiger partial charge in [0.05, 0.1) is 4.90 Å². The van der Waals surface area contributed by atoms with Gasteiger partial charge in [-0.1, -0.05) is 29.8 Å². The molecular weight excluding hydrogens is 372 g/mol. The minimum Gasteiger partial charge on any atom is -0.339 e. The number of amides is 1. The van der Waals surface area contributed by atoms with Crippen LogP contribution in [0.1, 0.15) is 35.2 Å². The molecule has 1 heterocycles. The van der Waals surface area contributed by atoms with Crippen molar-refractivity contribution in [3.8, 4) is 0 Å². The van der Waals surface area contributed by atoms with Crippen LogP contribution in [0.15, 0.2) is 53.4 Å². The summed E-state index contributed by atoms with van der Waals surface area (Å²) in [5, 5.41) is 0.598. The molecule has 0 unspecified atom stereocenters. The number of halogens is 1. The Bertz CT molecular complexity index is 876. The number of carbonyl (C=O) groups excluding carboxylic acids is 1. The molecule has 5 nitrogen and oxygen atoms in total. The van der Waals surface area contributed by atoms with E-state index in [0.29, 0.717) is 10.6 Å². The van der Waals surface area contributed by atoms with Gasteiger partial charge in [-0.15, -0.1) is 0 Å². The first kappa shape index (κ1) is 18.9. The summed E-state index contributed by atoms with van der Waals surface area (Å²) in [4.78, 5) is 14.5. The lowest BCUT2D eigenvalue weighted by Crippen LogP contribution is -2.35. The zero-order chi connectivity index (χ0) is 18.6. The molecule has 0 aliphatic carbocycles. The molecule has 7 heteroatoms. The van der Waals surface area contributed by atoms with Crippen LogP contribution in [0.4, 0.5) is 0 Å². The second-order valence-electron chi connectivity index (χ2n) is 6.33. The van der Waals surface area contributed by atoms with E-state index >= 15 is 0 Å². The molecule has 2 aromatic carbocycles. The van der Waals surface area contributed by atoms with Crippen molar-refractivity contribution in [2.75, 3.05) is 13.1 Å². The van der Waals surface area contributed by atoms with Gasteiger partial charge in [0.25, 0.3) is 5.91 Å². The Kier molecular flexibility index (Phi) is 5.96. The zero-order valence-corrected chi connectivity index (χ0v) is 15.9. The highest BCUT2D eigenvalue weighted by molar-refractivity contribution is 7.89. The molecule has 1 amide bonds. The van der Waals surface area contributed by atoms with Crippen LogP contribution in [-0.4, -0.2) is 32.3 Å². The summed E-state index contributed by atoms with van der Waals surface area (Å²) in [6.45, 7) is 1.61. The van der Waals surface area contributed by atoms with Gasteiger partial charge < -0.3 is 4.90 Å². The molecule has 26 heavy (non-hydrogen) atoms. The van der Waals surface area contributed by atoms with Crippen LogP contribution in [0, 0.1) is 0 Å². The van der Waals surface area contributed by atoms with E-state index in [0.717, 1.165) is 37.9 Å². The molecule has 1 fully saturated rings. The van der Waals surface area contributed by atoms with Crippen LogP contribution in [-0.2, 0) is 16.6 Å². The maximum atomic E-state index is 12.6. The van der Waals surface area contributed by atoms with Crippen molar-refractivity contribution in [3.05, 3.63) is 64.7 Å². The maximum absolute atomic E-state index is 12.6. The number of nitrogens with zero attached hydrogens (tertiary/aromatic N) is 1. The van der Waals surface area contributed by atoms with Crippen molar-refractivity contribution in [3.63, 3.8) is 0 Å².